The predicted octanol–water partition coefficient (Wildman–Crippen LogP) is 1.98. The van der Waals surface area contributed by atoms with Crippen LogP contribution in [0.3, 0.4) is 0 Å². The van der Waals surface area contributed by atoms with Gasteiger partial charge in [-0.2, -0.15) is 0 Å². The number of benzene rings is 1. The third-order valence-corrected chi connectivity index (χ3v) is 2.15. The summed E-state index contributed by atoms with van der Waals surface area (Å²) in [4.78, 5) is 0. The van der Waals surface area contributed by atoms with Crippen molar-refractivity contribution in [2.75, 3.05) is 20.3 Å². The lowest BCUT2D eigenvalue weighted by atomic mass is 10.3. The second kappa shape index (κ2) is 6.09. The summed E-state index contributed by atoms with van der Waals surface area (Å²) in [6.07, 6.45) is 1.98. The fourth-order valence-electron chi connectivity index (χ4n) is 1.11. The lowest BCUT2D eigenvalue weighted by Crippen LogP contribution is -2.10. The van der Waals surface area contributed by atoms with Crippen LogP contribution < -0.4 is 15.2 Å². The van der Waals surface area contributed by atoms with Gasteiger partial charge in [0.2, 0.25) is 0 Å². The first-order valence-electron chi connectivity index (χ1n) is 4.91. The molecule has 2 N–H and O–H groups in total. The van der Waals surface area contributed by atoms with E-state index in [-0.39, 0.29) is 0 Å². The minimum atomic E-state index is 0.534. The van der Waals surface area contributed by atoms with E-state index in [1.54, 1.807) is 7.11 Å². The Morgan fingerprint density at radius 2 is 1.87 bits per heavy atom. The molecule has 1 rings (SSSR count). The Bertz CT molecular complexity index is 317. The number of methoxy groups -OCH3 is 1. The first-order chi connectivity index (χ1) is 7.30. The Hall–Kier alpha value is -1.48. The molecule has 0 amide bonds. The molecule has 0 fully saturated rings. The second-order valence-electron chi connectivity index (χ2n) is 3.12. The van der Waals surface area contributed by atoms with Gasteiger partial charge in [0.1, 0.15) is 18.1 Å². The van der Waals surface area contributed by atoms with Crippen LogP contribution in [-0.2, 0) is 0 Å². The summed E-state index contributed by atoms with van der Waals surface area (Å²) < 4.78 is 10.6. The maximum absolute atomic E-state index is 5.55. The number of allylic oxidation sites excluding steroid dienone is 1. The van der Waals surface area contributed by atoms with Gasteiger partial charge in [-0.1, -0.05) is 6.08 Å². The zero-order valence-corrected chi connectivity index (χ0v) is 9.19. The topological polar surface area (TPSA) is 44.5 Å². The fraction of sp³-hybridized carbons (Fsp3) is 0.333. The number of ether oxygens (including phenoxy) is 2. The van der Waals surface area contributed by atoms with Gasteiger partial charge in [-0.15, -0.1) is 0 Å². The maximum Gasteiger partial charge on any atom is 0.120 e. The molecule has 0 aliphatic carbocycles. The van der Waals surface area contributed by atoms with Crippen molar-refractivity contribution >= 4 is 0 Å². The first kappa shape index (κ1) is 11.6. The van der Waals surface area contributed by atoms with Crippen LogP contribution in [0.25, 0.3) is 0 Å². The summed E-state index contributed by atoms with van der Waals surface area (Å²) in [5, 5.41) is 0. The van der Waals surface area contributed by atoms with Gasteiger partial charge < -0.3 is 15.2 Å². The SMILES string of the molecule is C/C=C(\CN)COc1ccc(OC)cc1. The maximum atomic E-state index is 5.55. The Morgan fingerprint density at radius 3 is 2.33 bits per heavy atom. The zero-order chi connectivity index (χ0) is 11.1. The number of rotatable bonds is 5. The van der Waals surface area contributed by atoms with Crippen LogP contribution in [0.4, 0.5) is 0 Å². The van der Waals surface area contributed by atoms with Crippen LogP contribution in [-0.4, -0.2) is 20.3 Å². The van der Waals surface area contributed by atoms with Gasteiger partial charge in [-0.25, -0.2) is 0 Å². The monoisotopic (exact) mass is 207 g/mol. The minimum absolute atomic E-state index is 0.534. The molecule has 3 heteroatoms. The third-order valence-electron chi connectivity index (χ3n) is 2.15. The summed E-state index contributed by atoms with van der Waals surface area (Å²) >= 11 is 0. The molecule has 0 saturated carbocycles. The molecule has 0 bridgehead atoms. The van der Waals surface area contributed by atoms with Crippen LogP contribution in [0.1, 0.15) is 6.92 Å². The van der Waals surface area contributed by atoms with Crippen molar-refractivity contribution in [3.8, 4) is 11.5 Å². The molecule has 0 aliphatic heterocycles. The van der Waals surface area contributed by atoms with Crippen LogP contribution in [0, 0.1) is 0 Å². The molecular weight excluding hydrogens is 190 g/mol. The highest BCUT2D eigenvalue weighted by atomic mass is 16.5. The molecule has 0 aromatic heterocycles. The van der Waals surface area contributed by atoms with Crippen molar-refractivity contribution in [3.63, 3.8) is 0 Å². The van der Waals surface area contributed by atoms with E-state index in [1.165, 1.54) is 0 Å². The molecule has 1 aromatic rings. The summed E-state index contributed by atoms with van der Waals surface area (Å²) in [6.45, 7) is 3.03. The normalized spacial score (nSPS) is 11.3. The van der Waals surface area contributed by atoms with E-state index in [4.69, 9.17) is 15.2 Å². The number of hydrogen-bond donors (Lipinski definition) is 1. The van der Waals surface area contributed by atoms with Crippen LogP contribution in [0.5, 0.6) is 11.5 Å². The van der Waals surface area contributed by atoms with Gasteiger partial charge in [-0.05, 0) is 36.8 Å². The highest BCUT2D eigenvalue weighted by Gasteiger charge is 1.97. The minimum Gasteiger partial charge on any atom is -0.497 e. The van der Waals surface area contributed by atoms with Crippen LogP contribution >= 0.6 is 0 Å². The molecule has 0 spiro atoms. The Balaban J connectivity index is 2.51. The van der Waals surface area contributed by atoms with Crippen molar-refractivity contribution in [1.29, 1.82) is 0 Å². The Morgan fingerprint density at radius 1 is 1.27 bits per heavy atom. The largest absolute Gasteiger partial charge is 0.497 e. The van der Waals surface area contributed by atoms with E-state index in [0.29, 0.717) is 13.2 Å². The predicted molar refractivity (Wildman–Crippen MR) is 61.3 cm³/mol. The fourth-order valence-corrected chi connectivity index (χ4v) is 1.11. The first-order valence-corrected chi connectivity index (χ1v) is 4.91. The van der Waals surface area contributed by atoms with E-state index in [0.717, 1.165) is 17.1 Å². The van der Waals surface area contributed by atoms with Gasteiger partial charge in [0.15, 0.2) is 0 Å². The van der Waals surface area contributed by atoms with Crippen molar-refractivity contribution in [2.45, 2.75) is 6.92 Å². The molecule has 15 heavy (non-hydrogen) atoms. The summed E-state index contributed by atoms with van der Waals surface area (Å²) in [7, 11) is 1.64. The van der Waals surface area contributed by atoms with E-state index < -0.39 is 0 Å². The summed E-state index contributed by atoms with van der Waals surface area (Å²) in [5.41, 5.74) is 6.61. The average molecular weight is 207 g/mol. The molecule has 0 heterocycles. The Kier molecular flexibility index (Phi) is 4.71. The van der Waals surface area contributed by atoms with Gasteiger partial charge >= 0.3 is 0 Å². The molecule has 0 radical (unpaired) electrons. The lowest BCUT2D eigenvalue weighted by molar-refractivity contribution is 0.348. The molecular formula is C12H17NO2. The smallest absolute Gasteiger partial charge is 0.120 e. The highest BCUT2D eigenvalue weighted by Crippen LogP contribution is 2.17. The van der Waals surface area contributed by atoms with Gasteiger partial charge in [0, 0.05) is 6.54 Å². The van der Waals surface area contributed by atoms with Crippen molar-refractivity contribution in [1.82, 2.24) is 0 Å². The molecule has 1 aromatic carbocycles. The van der Waals surface area contributed by atoms with Crippen LogP contribution in [0.15, 0.2) is 35.9 Å². The van der Waals surface area contributed by atoms with Crippen molar-refractivity contribution in [2.24, 2.45) is 5.73 Å². The van der Waals surface area contributed by atoms with Gasteiger partial charge in [0.05, 0.1) is 7.11 Å². The second-order valence-corrected chi connectivity index (χ2v) is 3.12. The van der Waals surface area contributed by atoms with E-state index in [9.17, 15) is 0 Å². The van der Waals surface area contributed by atoms with E-state index in [2.05, 4.69) is 0 Å². The van der Waals surface area contributed by atoms with Crippen LogP contribution in [0.2, 0.25) is 0 Å². The van der Waals surface area contributed by atoms with E-state index in [1.807, 2.05) is 37.3 Å². The third kappa shape index (κ3) is 3.64. The molecule has 0 unspecified atom stereocenters. The summed E-state index contributed by atoms with van der Waals surface area (Å²) in [5.74, 6) is 1.65. The standard InChI is InChI=1S/C12H17NO2/c1-3-10(8-13)9-15-12-6-4-11(14-2)5-7-12/h3-7H,8-9,13H2,1-2H3/b10-3+. The molecule has 0 aliphatic rings. The average Bonchev–Trinajstić information content (AvgIpc) is 2.31. The number of hydrogen-bond acceptors (Lipinski definition) is 3. The van der Waals surface area contributed by atoms with E-state index >= 15 is 0 Å². The van der Waals surface area contributed by atoms with Gasteiger partial charge in [0.25, 0.3) is 0 Å². The summed E-state index contributed by atoms with van der Waals surface area (Å²) in [6, 6.07) is 7.49. The van der Waals surface area contributed by atoms with Gasteiger partial charge in [-0.3, -0.25) is 0 Å². The number of nitrogens with two attached hydrogens (primary N) is 1. The molecule has 3 nitrogen and oxygen atoms in total. The molecule has 82 valence electrons. The lowest BCUT2D eigenvalue weighted by Gasteiger charge is -2.08. The molecule has 0 atom stereocenters. The quantitative estimate of drug-likeness (QED) is 0.751. The molecule has 0 saturated heterocycles. The van der Waals surface area contributed by atoms with Crippen molar-refractivity contribution < 1.29 is 9.47 Å². The zero-order valence-electron chi connectivity index (χ0n) is 9.19. The van der Waals surface area contributed by atoms with Crippen molar-refractivity contribution in [3.05, 3.63) is 35.9 Å². The highest BCUT2D eigenvalue weighted by molar-refractivity contribution is 5.31. The Labute approximate surface area is 90.5 Å².